The summed E-state index contributed by atoms with van der Waals surface area (Å²) >= 11 is 0. The lowest BCUT2D eigenvalue weighted by Gasteiger charge is -2.46. The van der Waals surface area contributed by atoms with Gasteiger partial charge in [-0.15, -0.1) is 0 Å². The minimum Gasteiger partial charge on any atom is -0.477 e. The Balaban J connectivity index is 1.73. The first-order chi connectivity index (χ1) is 20.6. The van der Waals surface area contributed by atoms with Gasteiger partial charge in [-0.25, -0.2) is 18.7 Å². The molecule has 3 rings (SSSR count). The summed E-state index contributed by atoms with van der Waals surface area (Å²) in [5, 5.41) is 75.9. The SMILES string of the molecule is CNCC(=O)NC1C(O)CC(OP(=O)(O)OCCC2OC(n3ccc(N)nc3=O)C(O)C2O)(C(=O)O)OC1[C@H](O)[C@H](O)CO. The van der Waals surface area contributed by atoms with Gasteiger partial charge in [-0.1, -0.05) is 0 Å². The van der Waals surface area contributed by atoms with E-state index in [9.17, 15) is 59.6 Å². The van der Waals surface area contributed by atoms with E-state index in [1.165, 1.54) is 19.3 Å². The monoisotopic (exact) mass is 657 g/mol. The number of aliphatic carboxylic acids is 1. The summed E-state index contributed by atoms with van der Waals surface area (Å²) < 4.78 is 34.2. The second-order valence-corrected chi connectivity index (χ2v) is 11.4. The normalized spacial score (nSPS) is 33.3. The smallest absolute Gasteiger partial charge is 0.475 e. The van der Waals surface area contributed by atoms with Crippen molar-refractivity contribution in [3.8, 4) is 0 Å². The molecule has 1 aromatic rings. The fraction of sp³-hybridized carbons (Fsp3) is 0.727. The molecule has 2 fully saturated rings. The van der Waals surface area contributed by atoms with Crippen LogP contribution in [-0.2, 0) is 32.7 Å². The van der Waals surface area contributed by atoms with Crippen molar-refractivity contribution in [2.45, 2.75) is 73.6 Å². The number of carboxylic acid groups (broad SMARTS) is 1. The molecule has 1 amide bonds. The Kier molecular flexibility index (Phi) is 11.9. The van der Waals surface area contributed by atoms with Gasteiger partial charge in [-0.2, -0.15) is 4.98 Å². The number of hydrogen-bond donors (Lipinski definition) is 11. The molecule has 2 saturated heterocycles. The van der Waals surface area contributed by atoms with Gasteiger partial charge >= 0.3 is 19.5 Å². The Hall–Kier alpha value is -2.63. The maximum Gasteiger partial charge on any atom is 0.475 e. The van der Waals surface area contributed by atoms with Crippen molar-refractivity contribution in [1.82, 2.24) is 20.2 Å². The average Bonchev–Trinajstić information content (AvgIpc) is 3.21. The first-order valence-corrected chi connectivity index (χ1v) is 14.6. The summed E-state index contributed by atoms with van der Waals surface area (Å²) in [7, 11) is -3.99. The van der Waals surface area contributed by atoms with Crippen molar-refractivity contribution >= 4 is 25.5 Å². The van der Waals surface area contributed by atoms with Crippen LogP contribution in [0, 0.1) is 0 Å². The van der Waals surface area contributed by atoms with Gasteiger partial charge in [-0.05, 0) is 13.1 Å². The number of hydrogen-bond acceptors (Lipinski definition) is 17. The van der Waals surface area contributed by atoms with Gasteiger partial charge in [0, 0.05) is 19.0 Å². The van der Waals surface area contributed by atoms with Crippen molar-refractivity contribution in [3.05, 3.63) is 22.7 Å². The second kappa shape index (κ2) is 14.6. The van der Waals surface area contributed by atoms with Crippen LogP contribution in [0.25, 0.3) is 0 Å². The highest BCUT2D eigenvalue weighted by Gasteiger charge is 2.58. The van der Waals surface area contributed by atoms with Gasteiger partial charge in [0.2, 0.25) is 5.91 Å². The summed E-state index contributed by atoms with van der Waals surface area (Å²) in [5.41, 5.74) is 4.55. The highest BCUT2D eigenvalue weighted by molar-refractivity contribution is 7.47. The molecule has 11 atom stereocenters. The van der Waals surface area contributed by atoms with Crippen molar-refractivity contribution in [2.75, 3.05) is 32.5 Å². The number of phosphoric ester groups is 1. The van der Waals surface area contributed by atoms with Gasteiger partial charge in [0.25, 0.3) is 5.79 Å². The molecular formula is C22H36N5O16P. The highest BCUT2D eigenvalue weighted by atomic mass is 31.2. The van der Waals surface area contributed by atoms with E-state index in [1.807, 2.05) is 0 Å². The van der Waals surface area contributed by atoms with Crippen molar-refractivity contribution in [2.24, 2.45) is 0 Å². The van der Waals surface area contributed by atoms with Crippen LogP contribution in [0.5, 0.6) is 0 Å². The third kappa shape index (κ3) is 8.14. The zero-order chi connectivity index (χ0) is 33.0. The molecule has 1 aromatic heterocycles. The summed E-state index contributed by atoms with van der Waals surface area (Å²) in [6, 6.07) is -0.333. The van der Waals surface area contributed by atoms with Gasteiger partial charge < -0.3 is 66.5 Å². The average molecular weight is 658 g/mol. The van der Waals surface area contributed by atoms with Crippen LogP contribution in [0.4, 0.5) is 5.82 Å². The van der Waals surface area contributed by atoms with Crippen LogP contribution >= 0.6 is 7.82 Å². The molecule has 2 aliphatic heterocycles. The fourth-order valence-electron chi connectivity index (χ4n) is 4.70. The van der Waals surface area contributed by atoms with E-state index in [0.717, 1.165) is 4.57 Å². The number of carbonyl (C=O) groups excluding carboxylic acids is 1. The minimum absolute atomic E-state index is 0.101. The number of ether oxygens (including phenoxy) is 2. The molecule has 0 aliphatic carbocycles. The first kappa shape index (κ1) is 35.8. The number of aliphatic hydroxyl groups excluding tert-OH is 6. The zero-order valence-electron chi connectivity index (χ0n) is 23.1. The predicted molar refractivity (Wildman–Crippen MR) is 141 cm³/mol. The van der Waals surface area contributed by atoms with Crippen LogP contribution in [0.15, 0.2) is 17.1 Å². The number of phosphoric acid groups is 1. The lowest BCUT2D eigenvalue weighted by molar-refractivity contribution is -0.288. The molecule has 2 aliphatic rings. The lowest BCUT2D eigenvalue weighted by Crippen LogP contribution is -2.68. The number of carboxylic acids is 1. The summed E-state index contributed by atoms with van der Waals surface area (Å²) in [6.07, 6.45) is -14.2. The number of likely N-dealkylation sites (N-methyl/N-ethyl adjacent to an activating group) is 1. The van der Waals surface area contributed by atoms with Crippen LogP contribution in [0.1, 0.15) is 19.1 Å². The van der Waals surface area contributed by atoms with Crippen molar-refractivity contribution in [3.63, 3.8) is 0 Å². The van der Waals surface area contributed by atoms with E-state index in [2.05, 4.69) is 15.6 Å². The van der Waals surface area contributed by atoms with Crippen LogP contribution in [-0.4, -0.2) is 143 Å². The third-order valence-corrected chi connectivity index (χ3v) is 7.90. The molecule has 44 heavy (non-hydrogen) atoms. The number of nitrogens with one attached hydrogen (secondary N) is 2. The number of anilines is 1. The Morgan fingerprint density at radius 3 is 2.57 bits per heavy atom. The molecule has 0 aromatic carbocycles. The summed E-state index contributed by atoms with van der Waals surface area (Å²) in [5.74, 6) is -6.08. The number of aromatic nitrogens is 2. The van der Waals surface area contributed by atoms with Crippen LogP contribution in [0.3, 0.4) is 0 Å². The number of amides is 1. The standard InChI is InChI=1S/C22H36N5O16P/c1-24-7-13(31)26-14-9(29)6-22(20(35)36,42-18(14)15(32)10(30)8-28)43-44(38,39)40-5-3-11-16(33)17(34)19(41-11)27-4-2-12(23)25-21(27)37/h2,4,9-11,14-19,24,28-30,32-34H,3,5-8H2,1H3,(H,26,31)(H,35,36)(H,38,39)(H2,23,25,37)/t9?,10-,11?,14?,15-,16?,17?,18?,19?,22?/m1/s1. The molecule has 0 spiro atoms. The first-order valence-electron chi connectivity index (χ1n) is 13.1. The van der Waals surface area contributed by atoms with Crippen molar-refractivity contribution in [1.29, 1.82) is 0 Å². The molecule has 22 heteroatoms. The number of carbonyl (C=O) groups is 2. The van der Waals surface area contributed by atoms with E-state index in [4.69, 9.17) is 24.3 Å². The number of aliphatic hydroxyl groups is 6. The van der Waals surface area contributed by atoms with Crippen molar-refractivity contribution < 1.29 is 73.3 Å². The topological polar surface area (TPSA) is 335 Å². The largest absolute Gasteiger partial charge is 0.477 e. The Morgan fingerprint density at radius 1 is 1.30 bits per heavy atom. The molecule has 250 valence electrons. The van der Waals surface area contributed by atoms with E-state index < -0.39 is 112 Å². The fourth-order valence-corrected chi connectivity index (χ4v) is 5.65. The second-order valence-electron chi connectivity index (χ2n) is 10.0. The maximum absolute atomic E-state index is 12.8. The minimum atomic E-state index is -5.42. The lowest BCUT2D eigenvalue weighted by atomic mass is 9.88. The molecule has 12 N–H and O–H groups in total. The number of rotatable bonds is 14. The Labute approximate surface area is 248 Å². The number of nitrogens with two attached hydrogens (primary N) is 1. The molecule has 0 saturated carbocycles. The summed E-state index contributed by atoms with van der Waals surface area (Å²) in [4.78, 5) is 50.3. The van der Waals surface area contributed by atoms with Gasteiger partial charge in [0.05, 0.1) is 38.0 Å². The van der Waals surface area contributed by atoms with Gasteiger partial charge in [0.15, 0.2) is 6.23 Å². The van der Waals surface area contributed by atoms with Crippen LogP contribution < -0.4 is 22.1 Å². The maximum atomic E-state index is 12.8. The summed E-state index contributed by atoms with van der Waals surface area (Å²) in [6.45, 7) is -2.08. The van der Waals surface area contributed by atoms with E-state index in [-0.39, 0.29) is 12.4 Å². The number of nitrogen functional groups attached to an aromatic ring is 1. The van der Waals surface area contributed by atoms with E-state index in [0.29, 0.717) is 0 Å². The molecule has 9 unspecified atom stereocenters. The Bertz CT molecular complexity index is 1270. The van der Waals surface area contributed by atoms with E-state index >= 15 is 0 Å². The molecule has 0 radical (unpaired) electrons. The van der Waals surface area contributed by atoms with Gasteiger partial charge in [0.1, 0.15) is 36.3 Å². The molecular weight excluding hydrogens is 621 g/mol. The number of nitrogens with zero attached hydrogens (tertiary/aromatic N) is 2. The molecule has 0 bridgehead atoms. The van der Waals surface area contributed by atoms with Gasteiger partial charge in [-0.3, -0.25) is 13.9 Å². The molecule has 3 heterocycles. The highest BCUT2D eigenvalue weighted by Crippen LogP contribution is 2.51. The molecule has 21 nitrogen and oxygen atoms in total. The zero-order valence-corrected chi connectivity index (χ0v) is 24.0. The Morgan fingerprint density at radius 2 is 1.98 bits per heavy atom. The van der Waals surface area contributed by atoms with Crippen LogP contribution in [0.2, 0.25) is 0 Å². The predicted octanol–water partition coefficient (Wildman–Crippen LogP) is -5.68. The third-order valence-electron chi connectivity index (χ3n) is 6.86. The quantitative estimate of drug-likeness (QED) is 0.0830. The van der Waals surface area contributed by atoms with E-state index in [1.54, 1.807) is 0 Å².